The van der Waals surface area contributed by atoms with Crippen LogP contribution in [0.25, 0.3) is 11.4 Å². The average Bonchev–Trinajstić information content (AvgIpc) is 2.95. The minimum atomic E-state index is -0.0118. The van der Waals surface area contributed by atoms with Crippen LogP contribution in [-0.2, 0) is 13.0 Å². The number of aryl methyl sites for hydroxylation is 2. The third-order valence-electron chi connectivity index (χ3n) is 4.60. The van der Waals surface area contributed by atoms with Crippen LogP contribution in [0.4, 0.5) is 0 Å². The topological polar surface area (TPSA) is 69.8 Å². The van der Waals surface area contributed by atoms with Crippen molar-refractivity contribution < 1.29 is 4.79 Å². The van der Waals surface area contributed by atoms with Gasteiger partial charge in [0.2, 0.25) is 0 Å². The highest BCUT2D eigenvalue weighted by Crippen LogP contribution is 2.27. The number of nitrogens with zero attached hydrogens (tertiary/aromatic N) is 1. The second-order valence-corrected chi connectivity index (χ2v) is 6.73. The maximum atomic E-state index is 12.4. The van der Waals surface area contributed by atoms with Crippen molar-refractivity contribution >= 4 is 5.91 Å². The summed E-state index contributed by atoms with van der Waals surface area (Å²) in [6, 6.07) is 4.48. The molecule has 2 aromatic rings. The lowest BCUT2D eigenvalue weighted by Crippen LogP contribution is -2.32. The Morgan fingerprint density at radius 3 is 2.88 bits per heavy atom. The molecule has 5 nitrogen and oxygen atoms in total. The number of H-pyrrole nitrogens is 1. The van der Waals surface area contributed by atoms with Crippen molar-refractivity contribution in [3.63, 3.8) is 0 Å². The average molecular weight is 326 g/mol. The van der Waals surface area contributed by atoms with Crippen LogP contribution in [0.3, 0.4) is 0 Å². The van der Waals surface area contributed by atoms with E-state index in [9.17, 15) is 4.79 Å². The number of rotatable bonds is 4. The van der Waals surface area contributed by atoms with Gasteiger partial charge in [0.15, 0.2) is 0 Å². The minimum absolute atomic E-state index is 0.0118. The SMILES string of the molecule is CCCNC(=O)c1cc(-c2nc3c([nH]2)CNC(C)C3)c(C)cc1C. The Morgan fingerprint density at radius 2 is 2.12 bits per heavy atom. The number of nitrogens with one attached hydrogen (secondary N) is 3. The summed E-state index contributed by atoms with van der Waals surface area (Å²) in [6.07, 6.45) is 1.86. The normalized spacial score (nSPS) is 16.8. The fraction of sp³-hybridized carbons (Fsp3) is 0.474. The van der Waals surface area contributed by atoms with E-state index in [0.717, 1.165) is 58.9 Å². The first-order valence-electron chi connectivity index (χ1n) is 8.70. The van der Waals surface area contributed by atoms with E-state index < -0.39 is 0 Å². The van der Waals surface area contributed by atoms with Crippen molar-refractivity contribution in [2.75, 3.05) is 6.54 Å². The molecule has 0 bridgehead atoms. The Balaban J connectivity index is 1.97. The summed E-state index contributed by atoms with van der Waals surface area (Å²) in [4.78, 5) is 20.6. The first kappa shape index (κ1) is 16.7. The van der Waals surface area contributed by atoms with E-state index in [4.69, 9.17) is 4.98 Å². The summed E-state index contributed by atoms with van der Waals surface area (Å²) in [7, 11) is 0. The molecule has 5 heteroatoms. The molecule has 0 saturated heterocycles. The van der Waals surface area contributed by atoms with E-state index in [-0.39, 0.29) is 5.91 Å². The van der Waals surface area contributed by atoms with Gasteiger partial charge in [0, 0.05) is 36.7 Å². The van der Waals surface area contributed by atoms with Crippen LogP contribution in [-0.4, -0.2) is 28.5 Å². The van der Waals surface area contributed by atoms with Crippen molar-refractivity contribution in [3.05, 3.63) is 40.2 Å². The second-order valence-electron chi connectivity index (χ2n) is 6.73. The number of fused-ring (bicyclic) bond motifs is 1. The fourth-order valence-electron chi connectivity index (χ4n) is 3.21. The quantitative estimate of drug-likeness (QED) is 0.809. The summed E-state index contributed by atoms with van der Waals surface area (Å²) >= 11 is 0. The molecule has 3 rings (SSSR count). The van der Waals surface area contributed by atoms with Crippen LogP contribution in [0, 0.1) is 13.8 Å². The highest BCUT2D eigenvalue weighted by Gasteiger charge is 2.21. The van der Waals surface area contributed by atoms with E-state index >= 15 is 0 Å². The molecule has 0 saturated carbocycles. The summed E-state index contributed by atoms with van der Waals surface area (Å²) in [5.41, 5.74) is 6.14. The maximum absolute atomic E-state index is 12.4. The molecule has 128 valence electrons. The lowest BCUT2D eigenvalue weighted by molar-refractivity contribution is 0.0953. The van der Waals surface area contributed by atoms with Gasteiger partial charge in [-0.25, -0.2) is 4.98 Å². The summed E-state index contributed by atoms with van der Waals surface area (Å²) in [6.45, 7) is 9.79. The molecule has 0 radical (unpaired) electrons. The third kappa shape index (κ3) is 3.22. The van der Waals surface area contributed by atoms with Gasteiger partial charge in [-0.3, -0.25) is 4.79 Å². The number of carbonyl (C=O) groups excluding carboxylic acids is 1. The standard InChI is InChI=1S/C19H26N4O/c1-5-6-20-19(24)15-9-14(11(2)7-12(15)3)18-22-16-8-13(4)21-10-17(16)23-18/h7,9,13,21H,5-6,8,10H2,1-4H3,(H,20,24)(H,22,23). The van der Waals surface area contributed by atoms with Gasteiger partial charge in [-0.2, -0.15) is 0 Å². The van der Waals surface area contributed by atoms with Gasteiger partial charge in [-0.1, -0.05) is 13.0 Å². The van der Waals surface area contributed by atoms with Crippen molar-refractivity contribution in [1.29, 1.82) is 0 Å². The fourth-order valence-corrected chi connectivity index (χ4v) is 3.21. The Bertz CT molecular complexity index is 763. The molecule has 1 unspecified atom stereocenters. The van der Waals surface area contributed by atoms with Crippen LogP contribution in [0.15, 0.2) is 12.1 Å². The molecule has 1 aromatic heterocycles. The number of aromatic amines is 1. The van der Waals surface area contributed by atoms with E-state index in [0.29, 0.717) is 12.6 Å². The molecule has 0 aliphatic carbocycles. The van der Waals surface area contributed by atoms with Crippen molar-refractivity contribution in [2.45, 2.75) is 53.1 Å². The molecule has 1 aliphatic heterocycles. The van der Waals surface area contributed by atoms with Gasteiger partial charge >= 0.3 is 0 Å². The van der Waals surface area contributed by atoms with Gasteiger partial charge in [-0.05, 0) is 44.4 Å². The van der Waals surface area contributed by atoms with Gasteiger partial charge in [0.05, 0.1) is 11.4 Å². The third-order valence-corrected chi connectivity index (χ3v) is 4.60. The lowest BCUT2D eigenvalue weighted by Gasteiger charge is -2.18. The van der Waals surface area contributed by atoms with Gasteiger partial charge in [-0.15, -0.1) is 0 Å². The highest BCUT2D eigenvalue weighted by molar-refractivity contribution is 5.97. The van der Waals surface area contributed by atoms with Crippen molar-refractivity contribution in [1.82, 2.24) is 20.6 Å². The Morgan fingerprint density at radius 1 is 1.33 bits per heavy atom. The Kier molecular flexibility index (Phi) is 4.71. The molecule has 24 heavy (non-hydrogen) atoms. The summed E-state index contributed by atoms with van der Waals surface area (Å²) in [5.74, 6) is 0.847. The second kappa shape index (κ2) is 6.77. The van der Waals surface area contributed by atoms with Crippen molar-refractivity contribution in [3.8, 4) is 11.4 Å². The minimum Gasteiger partial charge on any atom is -0.352 e. The van der Waals surface area contributed by atoms with Gasteiger partial charge < -0.3 is 15.6 Å². The molecule has 0 fully saturated rings. The molecule has 1 amide bonds. The maximum Gasteiger partial charge on any atom is 0.251 e. The van der Waals surface area contributed by atoms with Crippen molar-refractivity contribution in [2.24, 2.45) is 0 Å². The predicted octanol–water partition coefficient (Wildman–Crippen LogP) is 2.87. The largest absolute Gasteiger partial charge is 0.352 e. The van der Waals surface area contributed by atoms with E-state index in [2.05, 4.69) is 42.5 Å². The Labute approximate surface area is 143 Å². The molecule has 1 aliphatic rings. The molecule has 1 aromatic carbocycles. The monoisotopic (exact) mass is 326 g/mol. The summed E-state index contributed by atoms with van der Waals surface area (Å²) < 4.78 is 0. The van der Waals surface area contributed by atoms with Crippen LogP contribution in [0.5, 0.6) is 0 Å². The zero-order valence-corrected chi connectivity index (χ0v) is 14.9. The number of aromatic nitrogens is 2. The number of carbonyl (C=O) groups is 1. The molecule has 3 N–H and O–H groups in total. The molecular formula is C19H26N4O. The predicted molar refractivity (Wildman–Crippen MR) is 96.1 cm³/mol. The summed E-state index contributed by atoms with van der Waals surface area (Å²) in [5, 5.41) is 6.41. The lowest BCUT2D eigenvalue weighted by atomic mass is 9.99. The van der Waals surface area contributed by atoms with E-state index in [1.807, 2.05) is 13.0 Å². The molecule has 2 heterocycles. The van der Waals surface area contributed by atoms with E-state index in [1.165, 1.54) is 0 Å². The van der Waals surface area contributed by atoms with Crippen LogP contribution in [0.2, 0.25) is 0 Å². The van der Waals surface area contributed by atoms with Gasteiger partial charge in [0.25, 0.3) is 5.91 Å². The van der Waals surface area contributed by atoms with Crippen LogP contribution in [0.1, 0.15) is 53.1 Å². The zero-order chi connectivity index (χ0) is 17.3. The first-order chi connectivity index (χ1) is 11.5. The van der Waals surface area contributed by atoms with E-state index in [1.54, 1.807) is 0 Å². The molecular weight excluding hydrogens is 300 g/mol. The molecule has 0 spiro atoms. The highest BCUT2D eigenvalue weighted by atomic mass is 16.1. The van der Waals surface area contributed by atoms with Gasteiger partial charge in [0.1, 0.15) is 5.82 Å². The number of imidazole rings is 1. The zero-order valence-electron chi connectivity index (χ0n) is 14.9. The number of benzene rings is 1. The number of amides is 1. The van der Waals surface area contributed by atoms with Crippen LogP contribution < -0.4 is 10.6 Å². The first-order valence-corrected chi connectivity index (χ1v) is 8.70. The van der Waals surface area contributed by atoms with Crippen LogP contribution >= 0.6 is 0 Å². The smallest absolute Gasteiger partial charge is 0.251 e. The Hall–Kier alpha value is -2.14. The molecule has 1 atom stereocenters. The number of hydrogen-bond donors (Lipinski definition) is 3. The number of hydrogen-bond acceptors (Lipinski definition) is 3.